The molecule has 0 spiro atoms. The van der Waals surface area contributed by atoms with Crippen LogP contribution in [0.4, 0.5) is 0 Å². The van der Waals surface area contributed by atoms with Crippen molar-refractivity contribution in [3.05, 3.63) is 0 Å². The average Bonchev–Trinajstić information content (AvgIpc) is 3.20. The third-order valence-electron chi connectivity index (χ3n) is 3.06. The van der Waals surface area contributed by atoms with E-state index in [1.54, 1.807) is 18.9 Å². The monoisotopic (exact) mass is 272 g/mol. The van der Waals surface area contributed by atoms with Gasteiger partial charge in [-0.15, -0.1) is 0 Å². The molecule has 19 heavy (non-hydrogen) atoms. The number of carbonyl (C=O) groups is 2. The first-order valence-electron chi connectivity index (χ1n) is 6.80. The number of rotatable bonds is 9. The Balaban J connectivity index is 2.45. The second kappa shape index (κ2) is 8.12. The molecule has 0 aromatic rings. The number of nitrogens with zero attached hydrogens (tertiary/aromatic N) is 1. The molecule has 6 nitrogen and oxygen atoms in total. The molecule has 0 aromatic carbocycles. The summed E-state index contributed by atoms with van der Waals surface area (Å²) in [5, 5.41) is 0. The Morgan fingerprint density at radius 3 is 2.63 bits per heavy atom. The highest BCUT2D eigenvalue weighted by Crippen LogP contribution is 2.27. The number of nitrogens with two attached hydrogens (primary N) is 1. The van der Waals surface area contributed by atoms with Crippen molar-refractivity contribution < 1.29 is 19.1 Å². The molecule has 1 atom stereocenters. The van der Waals surface area contributed by atoms with Gasteiger partial charge in [-0.2, -0.15) is 0 Å². The molecule has 1 saturated carbocycles. The molecule has 1 aliphatic rings. The molecule has 1 rings (SSSR count). The molecule has 1 fully saturated rings. The van der Waals surface area contributed by atoms with Crippen LogP contribution in [0.5, 0.6) is 0 Å². The summed E-state index contributed by atoms with van der Waals surface area (Å²) in [7, 11) is 1.62. The van der Waals surface area contributed by atoms with Gasteiger partial charge in [-0.05, 0) is 32.6 Å². The van der Waals surface area contributed by atoms with Crippen LogP contribution >= 0.6 is 0 Å². The molecule has 0 radical (unpaired) electrons. The van der Waals surface area contributed by atoms with Crippen LogP contribution in [0.2, 0.25) is 0 Å². The quantitative estimate of drug-likeness (QED) is 0.482. The topological polar surface area (TPSA) is 81.9 Å². The van der Waals surface area contributed by atoms with Gasteiger partial charge in [0.05, 0.1) is 12.6 Å². The molecule has 6 heteroatoms. The third kappa shape index (κ3) is 5.57. The molecule has 0 saturated heterocycles. The molecule has 2 N–H and O–H groups in total. The normalized spacial score (nSPS) is 15.9. The highest BCUT2D eigenvalue weighted by Gasteiger charge is 2.36. The molecule has 1 aliphatic carbocycles. The second-order valence-electron chi connectivity index (χ2n) is 4.74. The van der Waals surface area contributed by atoms with Gasteiger partial charge in [-0.1, -0.05) is 0 Å². The Labute approximate surface area is 114 Å². The number of amides is 1. The van der Waals surface area contributed by atoms with Gasteiger partial charge in [-0.3, -0.25) is 9.59 Å². The van der Waals surface area contributed by atoms with Gasteiger partial charge in [0, 0.05) is 19.8 Å². The summed E-state index contributed by atoms with van der Waals surface area (Å²) < 4.78 is 9.82. The van der Waals surface area contributed by atoms with Crippen molar-refractivity contribution in [3.8, 4) is 0 Å². The van der Waals surface area contributed by atoms with E-state index in [0.29, 0.717) is 19.6 Å². The second-order valence-corrected chi connectivity index (χ2v) is 4.74. The van der Waals surface area contributed by atoms with Crippen LogP contribution in [0.15, 0.2) is 0 Å². The van der Waals surface area contributed by atoms with Crippen molar-refractivity contribution in [2.75, 3.05) is 26.9 Å². The summed E-state index contributed by atoms with van der Waals surface area (Å²) in [5.74, 6) is -0.529. The highest BCUT2D eigenvalue weighted by atomic mass is 16.5. The lowest BCUT2D eigenvalue weighted by molar-refractivity contribution is -0.149. The fraction of sp³-hybridized carbons (Fsp3) is 0.846. The van der Waals surface area contributed by atoms with Crippen LogP contribution in [-0.2, 0) is 19.1 Å². The minimum Gasteiger partial charge on any atom is -0.465 e. The highest BCUT2D eigenvalue weighted by molar-refractivity contribution is 5.86. The van der Waals surface area contributed by atoms with Crippen LogP contribution in [0.1, 0.15) is 32.6 Å². The van der Waals surface area contributed by atoms with Gasteiger partial charge in [0.25, 0.3) is 0 Å². The molecule has 1 unspecified atom stereocenters. The average molecular weight is 272 g/mol. The maximum absolute atomic E-state index is 12.2. The van der Waals surface area contributed by atoms with E-state index < -0.39 is 6.04 Å². The lowest BCUT2D eigenvalue weighted by Gasteiger charge is -2.24. The summed E-state index contributed by atoms with van der Waals surface area (Å²) in [5.41, 5.74) is 5.88. The predicted octanol–water partition coefficient (Wildman–Crippen LogP) is 0.294. The van der Waals surface area contributed by atoms with Crippen LogP contribution in [0.3, 0.4) is 0 Å². The molecular weight excluding hydrogens is 248 g/mol. The molecule has 110 valence electrons. The predicted molar refractivity (Wildman–Crippen MR) is 70.5 cm³/mol. The Kier molecular flexibility index (Phi) is 6.80. The lowest BCUT2D eigenvalue weighted by atomic mass is 10.1. The van der Waals surface area contributed by atoms with E-state index in [2.05, 4.69) is 0 Å². The van der Waals surface area contributed by atoms with Gasteiger partial charge in [0.2, 0.25) is 5.91 Å². The van der Waals surface area contributed by atoms with Gasteiger partial charge in [0.15, 0.2) is 0 Å². The summed E-state index contributed by atoms with van der Waals surface area (Å²) >= 11 is 0. The first-order valence-corrected chi connectivity index (χ1v) is 6.80. The van der Waals surface area contributed by atoms with Crippen molar-refractivity contribution >= 4 is 11.9 Å². The van der Waals surface area contributed by atoms with E-state index in [4.69, 9.17) is 15.2 Å². The number of carbonyl (C=O) groups excluding carboxylic acids is 2. The zero-order valence-corrected chi connectivity index (χ0v) is 11.8. The number of hydrogen-bond donors (Lipinski definition) is 1. The van der Waals surface area contributed by atoms with Gasteiger partial charge in [0.1, 0.15) is 6.54 Å². The number of ether oxygens (including phenoxy) is 2. The first kappa shape index (κ1) is 15.9. The summed E-state index contributed by atoms with van der Waals surface area (Å²) in [6, 6.07) is -0.407. The fourth-order valence-corrected chi connectivity index (χ4v) is 1.90. The van der Waals surface area contributed by atoms with Crippen molar-refractivity contribution in [3.63, 3.8) is 0 Å². The maximum Gasteiger partial charge on any atom is 0.325 e. The van der Waals surface area contributed by atoms with Gasteiger partial charge >= 0.3 is 5.97 Å². The number of hydrogen-bond acceptors (Lipinski definition) is 5. The van der Waals surface area contributed by atoms with E-state index in [9.17, 15) is 9.59 Å². The Bertz CT molecular complexity index is 305. The largest absolute Gasteiger partial charge is 0.465 e. The minimum absolute atomic E-state index is 0.00924. The van der Waals surface area contributed by atoms with E-state index in [0.717, 1.165) is 19.3 Å². The molecular formula is C13H24N2O4. The van der Waals surface area contributed by atoms with Crippen molar-refractivity contribution in [2.45, 2.75) is 44.7 Å². The van der Waals surface area contributed by atoms with Crippen molar-refractivity contribution in [1.29, 1.82) is 0 Å². The van der Waals surface area contributed by atoms with Crippen LogP contribution in [0, 0.1) is 0 Å². The van der Waals surface area contributed by atoms with Crippen LogP contribution in [-0.4, -0.2) is 55.7 Å². The van der Waals surface area contributed by atoms with E-state index in [1.165, 1.54) is 0 Å². The molecule has 0 aromatic heterocycles. The van der Waals surface area contributed by atoms with E-state index in [1.807, 2.05) is 0 Å². The van der Waals surface area contributed by atoms with E-state index in [-0.39, 0.29) is 24.5 Å². The summed E-state index contributed by atoms with van der Waals surface area (Å²) in [6.07, 6.45) is 3.19. The lowest BCUT2D eigenvalue weighted by Crippen LogP contribution is -2.47. The van der Waals surface area contributed by atoms with Crippen molar-refractivity contribution in [2.24, 2.45) is 5.73 Å². The zero-order valence-electron chi connectivity index (χ0n) is 11.8. The van der Waals surface area contributed by atoms with Crippen LogP contribution in [0.25, 0.3) is 0 Å². The van der Waals surface area contributed by atoms with Crippen LogP contribution < -0.4 is 5.73 Å². The Morgan fingerprint density at radius 1 is 1.42 bits per heavy atom. The number of esters is 1. The van der Waals surface area contributed by atoms with Gasteiger partial charge < -0.3 is 20.1 Å². The SMILES string of the molecule is CCOC(=O)CN(C(=O)C(N)CCCOC)C1CC1. The molecule has 0 bridgehead atoms. The molecule has 0 aliphatic heterocycles. The first-order chi connectivity index (χ1) is 9.10. The summed E-state index contributed by atoms with van der Waals surface area (Å²) in [6.45, 7) is 2.67. The zero-order chi connectivity index (χ0) is 14.3. The molecule has 0 heterocycles. The maximum atomic E-state index is 12.2. The van der Waals surface area contributed by atoms with Gasteiger partial charge in [-0.25, -0.2) is 0 Å². The smallest absolute Gasteiger partial charge is 0.325 e. The summed E-state index contributed by atoms with van der Waals surface area (Å²) in [4.78, 5) is 25.3. The number of methoxy groups -OCH3 is 1. The van der Waals surface area contributed by atoms with E-state index >= 15 is 0 Å². The standard InChI is InChI=1S/C13H24N2O4/c1-3-19-12(16)9-15(10-6-7-10)13(17)11(14)5-4-8-18-2/h10-11H,3-9,14H2,1-2H3. The minimum atomic E-state index is -0.565. The Hall–Kier alpha value is -1.14. The third-order valence-corrected chi connectivity index (χ3v) is 3.06. The fourth-order valence-electron chi connectivity index (χ4n) is 1.90. The molecule has 1 amide bonds. The van der Waals surface area contributed by atoms with Crippen molar-refractivity contribution in [1.82, 2.24) is 4.90 Å². The Morgan fingerprint density at radius 2 is 2.11 bits per heavy atom.